The number of benzene rings is 1. The van der Waals surface area contributed by atoms with E-state index < -0.39 is 5.97 Å². The molecular formula is C12H13N3O2. The van der Waals surface area contributed by atoms with Gasteiger partial charge in [0, 0.05) is 11.3 Å². The Kier molecular flexibility index (Phi) is 3.09. The van der Waals surface area contributed by atoms with Crippen LogP contribution in [-0.4, -0.2) is 22.8 Å². The number of nitrogen functional groups attached to an aromatic ring is 1. The molecule has 0 aliphatic rings. The largest absolute Gasteiger partial charge is 0.462 e. The van der Waals surface area contributed by atoms with E-state index in [4.69, 9.17) is 10.5 Å². The number of rotatable bonds is 3. The van der Waals surface area contributed by atoms with Crippen molar-refractivity contribution in [2.75, 3.05) is 12.3 Å². The highest BCUT2D eigenvalue weighted by Gasteiger charge is 2.17. The van der Waals surface area contributed by atoms with E-state index in [9.17, 15) is 4.79 Å². The molecule has 0 unspecified atom stereocenters. The minimum absolute atomic E-state index is 0.327. The Hall–Kier alpha value is -2.30. The Morgan fingerprint density at radius 3 is 2.94 bits per heavy atom. The molecule has 88 valence electrons. The maximum absolute atomic E-state index is 11.7. The molecule has 0 saturated heterocycles. The molecule has 0 saturated carbocycles. The first kappa shape index (κ1) is 11.2. The molecule has 2 aromatic rings. The first-order valence-electron chi connectivity index (χ1n) is 5.29. The molecule has 0 bridgehead atoms. The molecule has 0 fully saturated rings. The zero-order chi connectivity index (χ0) is 12.3. The van der Waals surface area contributed by atoms with Gasteiger partial charge in [-0.15, -0.1) is 0 Å². The van der Waals surface area contributed by atoms with Crippen LogP contribution in [0, 0.1) is 0 Å². The molecule has 0 spiro atoms. The molecule has 5 heteroatoms. The Morgan fingerprint density at radius 1 is 1.47 bits per heavy atom. The van der Waals surface area contributed by atoms with Crippen molar-refractivity contribution in [3.8, 4) is 11.3 Å². The van der Waals surface area contributed by atoms with Gasteiger partial charge in [-0.05, 0) is 13.0 Å². The lowest BCUT2D eigenvalue weighted by Gasteiger charge is -2.05. The monoisotopic (exact) mass is 231 g/mol. The van der Waals surface area contributed by atoms with Crippen LogP contribution in [0.5, 0.6) is 0 Å². The van der Waals surface area contributed by atoms with E-state index in [0.29, 0.717) is 23.6 Å². The summed E-state index contributed by atoms with van der Waals surface area (Å²) in [6.07, 6.45) is 1.44. The number of nitrogens with two attached hydrogens (primary N) is 1. The van der Waals surface area contributed by atoms with E-state index >= 15 is 0 Å². The van der Waals surface area contributed by atoms with Gasteiger partial charge in [0.15, 0.2) is 0 Å². The minimum Gasteiger partial charge on any atom is -0.462 e. The summed E-state index contributed by atoms with van der Waals surface area (Å²) in [4.78, 5) is 11.7. The zero-order valence-electron chi connectivity index (χ0n) is 9.43. The highest BCUT2D eigenvalue weighted by atomic mass is 16.5. The second kappa shape index (κ2) is 4.69. The highest BCUT2D eigenvalue weighted by Crippen LogP contribution is 2.26. The van der Waals surface area contributed by atoms with Gasteiger partial charge in [0.2, 0.25) is 0 Å². The first-order chi connectivity index (χ1) is 8.24. The quantitative estimate of drug-likeness (QED) is 0.623. The van der Waals surface area contributed by atoms with Crippen molar-refractivity contribution in [3.05, 3.63) is 36.0 Å². The summed E-state index contributed by atoms with van der Waals surface area (Å²) < 4.78 is 4.95. The third kappa shape index (κ3) is 2.13. The second-order valence-corrected chi connectivity index (χ2v) is 3.47. The Morgan fingerprint density at radius 2 is 2.24 bits per heavy atom. The van der Waals surface area contributed by atoms with Crippen molar-refractivity contribution in [2.45, 2.75) is 6.92 Å². The van der Waals surface area contributed by atoms with Crippen molar-refractivity contribution >= 4 is 11.7 Å². The van der Waals surface area contributed by atoms with Gasteiger partial charge in [0.05, 0.1) is 18.5 Å². The Balaban J connectivity index is 2.44. The van der Waals surface area contributed by atoms with Crippen LogP contribution >= 0.6 is 0 Å². The molecule has 0 atom stereocenters. The minimum atomic E-state index is -0.403. The SMILES string of the molecule is CCOC(=O)c1cn[nH]c1-c1ccccc1N. The Labute approximate surface area is 98.6 Å². The van der Waals surface area contributed by atoms with Gasteiger partial charge in [-0.3, -0.25) is 5.10 Å². The third-order valence-corrected chi connectivity index (χ3v) is 2.36. The lowest BCUT2D eigenvalue weighted by molar-refractivity contribution is 0.0527. The molecule has 0 aliphatic heterocycles. The molecule has 0 aliphatic carbocycles. The topological polar surface area (TPSA) is 81.0 Å². The van der Waals surface area contributed by atoms with Gasteiger partial charge >= 0.3 is 5.97 Å². The van der Waals surface area contributed by atoms with E-state index in [1.54, 1.807) is 13.0 Å². The normalized spacial score (nSPS) is 10.2. The van der Waals surface area contributed by atoms with Crippen LogP contribution in [0.2, 0.25) is 0 Å². The number of carbonyl (C=O) groups excluding carboxylic acids is 1. The Bertz CT molecular complexity index is 534. The number of aromatic amines is 1. The van der Waals surface area contributed by atoms with Crippen LogP contribution in [-0.2, 0) is 4.74 Å². The van der Waals surface area contributed by atoms with E-state index in [1.807, 2.05) is 18.2 Å². The predicted molar refractivity (Wildman–Crippen MR) is 64.4 cm³/mol. The van der Waals surface area contributed by atoms with Gasteiger partial charge < -0.3 is 10.5 Å². The van der Waals surface area contributed by atoms with Crippen molar-refractivity contribution in [1.82, 2.24) is 10.2 Å². The van der Waals surface area contributed by atoms with Gasteiger partial charge in [0.25, 0.3) is 0 Å². The fraction of sp³-hybridized carbons (Fsp3) is 0.167. The maximum Gasteiger partial charge on any atom is 0.341 e. The second-order valence-electron chi connectivity index (χ2n) is 3.47. The molecule has 5 nitrogen and oxygen atoms in total. The van der Waals surface area contributed by atoms with E-state index in [2.05, 4.69) is 10.2 Å². The van der Waals surface area contributed by atoms with Crippen LogP contribution in [0.1, 0.15) is 17.3 Å². The number of esters is 1. The fourth-order valence-corrected chi connectivity index (χ4v) is 1.58. The number of nitrogens with zero attached hydrogens (tertiary/aromatic N) is 1. The zero-order valence-corrected chi connectivity index (χ0v) is 9.43. The molecule has 1 aromatic heterocycles. The maximum atomic E-state index is 11.7. The lowest BCUT2D eigenvalue weighted by Crippen LogP contribution is -2.05. The number of H-pyrrole nitrogens is 1. The molecule has 1 heterocycles. The van der Waals surface area contributed by atoms with Gasteiger partial charge in [0.1, 0.15) is 5.56 Å². The summed E-state index contributed by atoms with van der Waals surface area (Å²) >= 11 is 0. The standard InChI is InChI=1S/C12H13N3O2/c1-2-17-12(16)9-7-14-15-11(9)8-5-3-4-6-10(8)13/h3-7H,2,13H2,1H3,(H,14,15). The summed E-state index contributed by atoms with van der Waals surface area (Å²) in [7, 11) is 0. The van der Waals surface area contributed by atoms with Crippen molar-refractivity contribution in [3.63, 3.8) is 0 Å². The lowest BCUT2D eigenvalue weighted by atomic mass is 10.1. The number of hydrogen-bond donors (Lipinski definition) is 2. The molecule has 2 rings (SSSR count). The number of hydrogen-bond acceptors (Lipinski definition) is 4. The molecular weight excluding hydrogens is 218 g/mol. The van der Waals surface area contributed by atoms with E-state index in [0.717, 1.165) is 5.56 Å². The summed E-state index contributed by atoms with van der Waals surface area (Å²) in [5.74, 6) is -0.403. The molecule has 3 N–H and O–H groups in total. The molecule has 17 heavy (non-hydrogen) atoms. The first-order valence-corrected chi connectivity index (χ1v) is 5.29. The summed E-state index contributed by atoms with van der Waals surface area (Å²) in [6, 6.07) is 7.28. The predicted octanol–water partition coefficient (Wildman–Crippen LogP) is 1.84. The van der Waals surface area contributed by atoms with Crippen LogP contribution in [0.25, 0.3) is 11.3 Å². The average Bonchev–Trinajstić information content (AvgIpc) is 2.79. The van der Waals surface area contributed by atoms with Crippen LogP contribution < -0.4 is 5.73 Å². The van der Waals surface area contributed by atoms with E-state index in [-0.39, 0.29) is 0 Å². The highest BCUT2D eigenvalue weighted by molar-refractivity contribution is 5.97. The van der Waals surface area contributed by atoms with Gasteiger partial charge in [-0.25, -0.2) is 4.79 Å². The van der Waals surface area contributed by atoms with E-state index in [1.165, 1.54) is 6.20 Å². The number of carbonyl (C=O) groups is 1. The smallest absolute Gasteiger partial charge is 0.341 e. The van der Waals surface area contributed by atoms with Crippen molar-refractivity contribution < 1.29 is 9.53 Å². The number of para-hydroxylation sites is 1. The number of ether oxygens (including phenoxy) is 1. The summed E-state index contributed by atoms with van der Waals surface area (Å²) in [5.41, 5.74) is 8.16. The van der Waals surface area contributed by atoms with Crippen molar-refractivity contribution in [2.24, 2.45) is 0 Å². The number of aromatic nitrogens is 2. The molecule has 1 aromatic carbocycles. The number of nitrogens with one attached hydrogen (secondary N) is 1. The average molecular weight is 231 g/mol. The van der Waals surface area contributed by atoms with Gasteiger partial charge in [-0.2, -0.15) is 5.10 Å². The fourth-order valence-electron chi connectivity index (χ4n) is 1.58. The third-order valence-electron chi connectivity index (χ3n) is 2.36. The van der Waals surface area contributed by atoms with Crippen LogP contribution in [0.3, 0.4) is 0 Å². The number of anilines is 1. The van der Waals surface area contributed by atoms with Gasteiger partial charge in [-0.1, -0.05) is 18.2 Å². The van der Waals surface area contributed by atoms with Crippen LogP contribution in [0.4, 0.5) is 5.69 Å². The molecule has 0 amide bonds. The van der Waals surface area contributed by atoms with Crippen LogP contribution in [0.15, 0.2) is 30.5 Å². The molecule has 0 radical (unpaired) electrons. The van der Waals surface area contributed by atoms with Crippen molar-refractivity contribution in [1.29, 1.82) is 0 Å². The summed E-state index contributed by atoms with van der Waals surface area (Å²) in [5, 5.41) is 6.63. The summed E-state index contributed by atoms with van der Waals surface area (Å²) in [6.45, 7) is 2.09.